The van der Waals surface area contributed by atoms with Gasteiger partial charge in [0.15, 0.2) is 5.52 Å². The van der Waals surface area contributed by atoms with Crippen LogP contribution < -0.4 is 9.63 Å². The number of nitrogens with zero attached hydrogens (tertiary/aromatic N) is 3. The molecule has 1 aliphatic heterocycles. The highest BCUT2D eigenvalue weighted by molar-refractivity contribution is 7.22. The summed E-state index contributed by atoms with van der Waals surface area (Å²) in [5.74, 6) is 1.66. The van der Waals surface area contributed by atoms with Gasteiger partial charge < -0.3 is 10.1 Å². The number of rotatable bonds is 2. The van der Waals surface area contributed by atoms with Gasteiger partial charge in [0.05, 0.1) is 0 Å². The smallest absolute Gasteiger partial charge is 0.337 e. The Balaban J connectivity index is 1.89. The zero-order valence-corrected chi connectivity index (χ0v) is 14.0. The Morgan fingerprint density at radius 3 is 2.61 bits per heavy atom. The third-order valence-corrected chi connectivity index (χ3v) is 5.60. The summed E-state index contributed by atoms with van der Waals surface area (Å²) < 4.78 is 2.28. The SMILES string of the molecule is Cc1nc(N2CCCCC2)c2sc(-c3ccccc3)cc2[n+]1O. The van der Waals surface area contributed by atoms with Crippen molar-refractivity contribution in [2.45, 2.75) is 26.2 Å². The third kappa shape index (κ3) is 2.55. The van der Waals surface area contributed by atoms with Gasteiger partial charge in [-0.2, -0.15) is 0 Å². The van der Waals surface area contributed by atoms with Gasteiger partial charge in [0.2, 0.25) is 0 Å². The first-order valence-electron chi connectivity index (χ1n) is 8.10. The molecule has 0 spiro atoms. The molecule has 1 aliphatic rings. The predicted molar refractivity (Wildman–Crippen MR) is 93.2 cm³/mol. The Kier molecular flexibility index (Phi) is 3.65. The number of benzene rings is 1. The van der Waals surface area contributed by atoms with E-state index < -0.39 is 0 Å². The van der Waals surface area contributed by atoms with Gasteiger partial charge in [0, 0.05) is 31.0 Å². The first kappa shape index (κ1) is 14.5. The Bertz CT molecular complexity index is 838. The number of aromatic nitrogens is 2. The fourth-order valence-electron chi connectivity index (χ4n) is 3.19. The average molecular weight is 326 g/mol. The lowest BCUT2D eigenvalue weighted by atomic mass is 10.1. The van der Waals surface area contributed by atoms with Gasteiger partial charge in [-0.3, -0.25) is 0 Å². The molecule has 0 amide bonds. The lowest BCUT2D eigenvalue weighted by Gasteiger charge is -2.25. The van der Waals surface area contributed by atoms with Crippen molar-refractivity contribution < 1.29 is 9.94 Å². The Labute approximate surface area is 139 Å². The Morgan fingerprint density at radius 1 is 1.13 bits per heavy atom. The highest BCUT2D eigenvalue weighted by atomic mass is 32.1. The molecule has 5 heteroatoms. The van der Waals surface area contributed by atoms with Crippen LogP contribution in [0.2, 0.25) is 0 Å². The van der Waals surface area contributed by atoms with Crippen LogP contribution in [0.25, 0.3) is 20.7 Å². The molecule has 0 bridgehead atoms. The summed E-state index contributed by atoms with van der Waals surface area (Å²) in [6, 6.07) is 12.4. The molecule has 118 valence electrons. The highest BCUT2D eigenvalue weighted by Crippen LogP contribution is 2.37. The number of piperidine rings is 1. The molecule has 23 heavy (non-hydrogen) atoms. The zero-order valence-electron chi connectivity index (χ0n) is 13.2. The molecule has 1 aromatic carbocycles. The van der Waals surface area contributed by atoms with Crippen molar-refractivity contribution in [3.63, 3.8) is 0 Å². The van der Waals surface area contributed by atoms with E-state index in [0.717, 1.165) is 34.0 Å². The van der Waals surface area contributed by atoms with E-state index in [1.54, 1.807) is 11.3 Å². The van der Waals surface area contributed by atoms with Gasteiger partial charge >= 0.3 is 5.82 Å². The van der Waals surface area contributed by atoms with Crippen molar-refractivity contribution in [1.82, 2.24) is 4.98 Å². The van der Waals surface area contributed by atoms with Gasteiger partial charge in [-0.05, 0) is 34.5 Å². The van der Waals surface area contributed by atoms with Crippen LogP contribution in [0.1, 0.15) is 25.1 Å². The Morgan fingerprint density at radius 2 is 1.87 bits per heavy atom. The summed E-state index contributed by atoms with van der Waals surface area (Å²) in [6.45, 7) is 3.96. The zero-order chi connectivity index (χ0) is 15.8. The van der Waals surface area contributed by atoms with Crippen LogP contribution in [0, 0.1) is 6.92 Å². The molecule has 1 saturated heterocycles. The predicted octanol–water partition coefficient (Wildman–Crippen LogP) is 3.79. The summed E-state index contributed by atoms with van der Waals surface area (Å²) in [6.07, 6.45) is 3.73. The van der Waals surface area contributed by atoms with E-state index in [0.29, 0.717) is 5.82 Å². The van der Waals surface area contributed by atoms with Crippen LogP contribution in [-0.2, 0) is 0 Å². The van der Waals surface area contributed by atoms with E-state index in [9.17, 15) is 5.21 Å². The van der Waals surface area contributed by atoms with Crippen molar-refractivity contribution in [3.8, 4) is 10.4 Å². The second-order valence-corrected chi connectivity index (χ2v) is 7.09. The number of thiophene rings is 1. The number of fused-ring (bicyclic) bond motifs is 1. The van der Waals surface area contributed by atoms with Gasteiger partial charge in [-0.15, -0.1) is 11.3 Å². The van der Waals surface area contributed by atoms with E-state index in [1.807, 2.05) is 25.1 Å². The molecule has 0 unspecified atom stereocenters. The summed E-state index contributed by atoms with van der Waals surface area (Å²) in [4.78, 5) is 8.21. The van der Waals surface area contributed by atoms with Gasteiger partial charge in [0.25, 0.3) is 5.82 Å². The van der Waals surface area contributed by atoms with E-state index in [-0.39, 0.29) is 0 Å². The molecule has 0 atom stereocenters. The topological polar surface area (TPSA) is 40.2 Å². The maximum atomic E-state index is 10.4. The maximum absolute atomic E-state index is 10.4. The lowest BCUT2D eigenvalue weighted by Crippen LogP contribution is -2.38. The van der Waals surface area contributed by atoms with Gasteiger partial charge in [0.1, 0.15) is 4.70 Å². The van der Waals surface area contributed by atoms with E-state index in [1.165, 1.54) is 29.6 Å². The average Bonchev–Trinajstić information content (AvgIpc) is 3.05. The molecule has 3 aromatic rings. The van der Waals surface area contributed by atoms with Crippen molar-refractivity contribution in [2.75, 3.05) is 18.0 Å². The second-order valence-electron chi connectivity index (χ2n) is 6.03. The van der Waals surface area contributed by atoms with E-state index in [2.05, 4.69) is 28.1 Å². The summed E-state index contributed by atoms with van der Waals surface area (Å²) >= 11 is 1.71. The first-order valence-corrected chi connectivity index (χ1v) is 8.91. The molecule has 0 saturated carbocycles. The fraction of sp³-hybridized carbons (Fsp3) is 0.333. The number of hydrogen-bond acceptors (Lipinski definition) is 4. The molecule has 4 rings (SSSR count). The molecule has 0 radical (unpaired) electrons. The van der Waals surface area contributed by atoms with Crippen molar-refractivity contribution >= 4 is 27.4 Å². The molecule has 1 N–H and O–H groups in total. The summed E-state index contributed by atoms with van der Waals surface area (Å²) in [5.41, 5.74) is 2.03. The Hall–Kier alpha value is -2.14. The van der Waals surface area contributed by atoms with Crippen LogP contribution >= 0.6 is 11.3 Å². The second kappa shape index (κ2) is 5.81. The first-order chi connectivity index (χ1) is 11.2. The minimum Gasteiger partial charge on any atom is -0.349 e. The van der Waals surface area contributed by atoms with Crippen LogP contribution in [0.3, 0.4) is 0 Å². The van der Waals surface area contributed by atoms with Crippen molar-refractivity contribution in [1.29, 1.82) is 0 Å². The largest absolute Gasteiger partial charge is 0.349 e. The van der Waals surface area contributed by atoms with Gasteiger partial charge in [-0.1, -0.05) is 30.3 Å². The van der Waals surface area contributed by atoms with Crippen molar-refractivity contribution in [2.24, 2.45) is 0 Å². The number of hydrogen-bond donors (Lipinski definition) is 1. The monoisotopic (exact) mass is 326 g/mol. The third-order valence-electron chi connectivity index (χ3n) is 4.43. The summed E-state index contributed by atoms with van der Waals surface area (Å²) in [7, 11) is 0. The molecule has 3 heterocycles. The number of anilines is 1. The van der Waals surface area contributed by atoms with Crippen LogP contribution in [0.4, 0.5) is 5.82 Å². The number of aryl methyl sites for hydroxylation is 1. The molecule has 4 nitrogen and oxygen atoms in total. The molecule has 2 aromatic heterocycles. The minimum atomic E-state index is 0.635. The van der Waals surface area contributed by atoms with Crippen LogP contribution in [0.15, 0.2) is 36.4 Å². The minimum absolute atomic E-state index is 0.635. The maximum Gasteiger partial charge on any atom is 0.337 e. The quantitative estimate of drug-likeness (QED) is 0.575. The molecular weight excluding hydrogens is 306 g/mol. The van der Waals surface area contributed by atoms with Crippen LogP contribution in [0.5, 0.6) is 0 Å². The lowest BCUT2D eigenvalue weighted by molar-refractivity contribution is -0.890. The fourth-order valence-corrected chi connectivity index (χ4v) is 4.35. The normalized spacial score (nSPS) is 15.3. The molecule has 1 fully saturated rings. The van der Waals surface area contributed by atoms with Crippen molar-refractivity contribution in [3.05, 3.63) is 42.2 Å². The highest BCUT2D eigenvalue weighted by Gasteiger charge is 2.27. The summed E-state index contributed by atoms with van der Waals surface area (Å²) in [5, 5.41) is 10.4. The van der Waals surface area contributed by atoms with Crippen LogP contribution in [-0.4, -0.2) is 23.3 Å². The molecule has 0 aliphatic carbocycles. The molecular formula is C18H20N3OS+. The standard InChI is InChI=1S/C18H20N3OS/c1-13-19-18(20-10-6-3-7-11-20)17-15(21(13)22)12-16(23-17)14-8-4-2-5-9-14/h2,4-5,8-9,12,22H,3,6-7,10-11H2,1H3/q+1. The van der Waals surface area contributed by atoms with E-state index in [4.69, 9.17) is 0 Å². The van der Waals surface area contributed by atoms with E-state index >= 15 is 0 Å². The van der Waals surface area contributed by atoms with Gasteiger partial charge in [-0.25, -0.2) is 0 Å².